The van der Waals surface area contributed by atoms with Crippen molar-refractivity contribution in [1.29, 1.82) is 0 Å². The first-order chi connectivity index (χ1) is 14.5. The highest BCUT2D eigenvalue weighted by atomic mass is 16.5. The molecule has 168 valence electrons. The number of unbranched alkanes of at least 4 members (excludes halogenated alkanes) is 1. The van der Waals surface area contributed by atoms with E-state index in [1.165, 1.54) is 5.56 Å². The standard InChI is InChI=1S/C26H40O4/c1-20(2)30-26(29)13-9-4-3-8-12-24-22(16-19-25(24)28)15-18-23(27)17-14-21-10-6-5-7-11-21/h3,5-8,10-11,20,22-25,27-28H,4,9,12-19H2,1-2H3/t22-,23-,24+,25-/m0/s1. The largest absolute Gasteiger partial charge is 0.463 e. The van der Waals surface area contributed by atoms with Crippen LogP contribution >= 0.6 is 0 Å². The van der Waals surface area contributed by atoms with E-state index in [-0.39, 0.29) is 30.2 Å². The molecule has 30 heavy (non-hydrogen) atoms. The summed E-state index contributed by atoms with van der Waals surface area (Å²) in [7, 11) is 0. The maximum Gasteiger partial charge on any atom is 0.306 e. The zero-order valence-electron chi connectivity index (χ0n) is 18.7. The number of benzene rings is 1. The highest BCUT2D eigenvalue weighted by molar-refractivity contribution is 5.69. The normalized spacial score (nSPS) is 22.6. The lowest BCUT2D eigenvalue weighted by molar-refractivity contribution is -0.147. The molecular formula is C26H40O4. The van der Waals surface area contributed by atoms with Crippen molar-refractivity contribution >= 4 is 5.97 Å². The monoisotopic (exact) mass is 416 g/mol. The quantitative estimate of drug-likeness (QED) is 0.263. The number of aryl methyl sites for hydroxylation is 1. The minimum Gasteiger partial charge on any atom is -0.463 e. The van der Waals surface area contributed by atoms with Gasteiger partial charge in [0.25, 0.3) is 0 Å². The molecule has 2 rings (SSSR count). The second-order valence-electron chi connectivity index (χ2n) is 8.96. The van der Waals surface area contributed by atoms with Crippen LogP contribution in [0.25, 0.3) is 0 Å². The molecule has 0 aromatic heterocycles. The van der Waals surface area contributed by atoms with E-state index < -0.39 is 0 Å². The zero-order valence-corrected chi connectivity index (χ0v) is 18.7. The number of carbonyl (C=O) groups excluding carboxylic acids is 1. The lowest BCUT2D eigenvalue weighted by Gasteiger charge is -2.22. The number of aliphatic hydroxyl groups is 2. The molecule has 1 saturated carbocycles. The summed E-state index contributed by atoms with van der Waals surface area (Å²) in [5.74, 6) is 0.640. The molecule has 4 atom stereocenters. The van der Waals surface area contributed by atoms with Gasteiger partial charge in [-0.15, -0.1) is 0 Å². The van der Waals surface area contributed by atoms with E-state index in [0.717, 1.165) is 57.8 Å². The molecule has 4 nitrogen and oxygen atoms in total. The van der Waals surface area contributed by atoms with Crippen LogP contribution in [-0.2, 0) is 16.0 Å². The Morgan fingerprint density at radius 3 is 2.67 bits per heavy atom. The van der Waals surface area contributed by atoms with Crippen LogP contribution in [0.15, 0.2) is 42.5 Å². The Bertz CT molecular complexity index is 625. The third-order valence-corrected chi connectivity index (χ3v) is 6.11. The van der Waals surface area contributed by atoms with E-state index in [2.05, 4.69) is 24.3 Å². The minimum absolute atomic E-state index is 0.0503. The highest BCUT2D eigenvalue weighted by Gasteiger charge is 2.33. The molecule has 0 spiro atoms. The van der Waals surface area contributed by atoms with Crippen LogP contribution in [0.5, 0.6) is 0 Å². The predicted octanol–water partition coefficient (Wildman–Crippen LogP) is 5.22. The number of hydrogen-bond acceptors (Lipinski definition) is 4. The van der Waals surface area contributed by atoms with Crippen molar-refractivity contribution in [3.05, 3.63) is 48.0 Å². The molecule has 1 aromatic rings. The lowest BCUT2D eigenvalue weighted by Crippen LogP contribution is -2.20. The topological polar surface area (TPSA) is 66.8 Å². The van der Waals surface area contributed by atoms with Crippen molar-refractivity contribution in [2.45, 2.75) is 96.4 Å². The van der Waals surface area contributed by atoms with Gasteiger partial charge in [0.2, 0.25) is 0 Å². The van der Waals surface area contributed by atoms with E-state index in [4.69, 9.17) is 4.74 Å². The van der Waals surface area contributed by atoms with Gasteiger partial charge in [-0.2, -0.15) is 0 Å². The summed E-state index contributed by atoms with van der Waals surface area (Å²) in [5.41, 5.74) is 1.27. The van der Waals surface area contributed by atoms with Gasteiger partial charge in [0, 0.05) is 6.42 Å². The molecule has 0 radical (unpaired) electrons. The van der Waals surface area contributed by atoms with Crippen LogP contribution in [-0.4, -0.2) is 34.5 Å². The molecule has 4 heteroatoms. The van der Waals surface area contributed by atoms with E-state index >= 15 is 0 Å². The third kappa shape index (κ3) is 9.44. The van der Waals surface area contributed by atoms with Crippen LogP contribution in [0.1, 0.15) is 77.2 Å². The van der Waals surface area contributed by atoms with Crippen LogP contribution in [0.3, 0.4) is 0 Å². The van der Waals surface area contributed by atoms with Gasteiger partial charge < -0.3 is 14.9 Å². The van der Waals surface area contributed by atoms with Gasteiger partial charge in [-0.05, 0) is 89.0 Å². The third-order valence-electron chi connectivity index (χ3n) is 6.11. The first-order valence-electron chi connectivity index (χ1n) is 11.7. The molecule has 1 fully saturated rings. The summed E-state index contributed by atoms with van der Waals surface area (Å²) in [5, 5.41) is 20.8. The van der Waals surface area contributed by atoms with E-state index in [9.17, 15) is 15.0 Å². The summed E-state index contributed by atoms with van der Waals surface area (Å²) in [6, 6.07) is 10.3. The van der Waals surface area contributed by atoms with Gasteiger partial charge in [-0.3, -0.25) is 4.79 Å². The van der Waals surface area contributed by atoms with Gasteiger partial charge in [-0.1, -0.05) is 42.5 Å². The first kappa shape index (κ1) is 24.6. The molecule has 0 aliphatic heterocycles. The van der Waals surface area contributed by atoms with Crippen molar-refractivity contribution in [2.24, 2.45) is 11.8 Å². The fraction of sp³-hybridized carbons (Fsp3) is 0.654. The Balaban J connectivity index is 1.64. The number of carbonyl (C=O) groups is 1. The molecule has 1 aliphatic rings. The van der Waals surface area contributed by atoms with Gasteiger partial charge in [0.05, 0.1) is 18.3 Å². The molecule has 0 amide bonds. The molecular weight excluding hydrogens is 376 g/mol. The van der Waals surface area contributed by atoms with Gasteiger partial charge >= 0.3 is 5.97 Å². The van der Waals surface area contributed by atoms with Gasteiger partial charge in [-0.25, -0.2) is 0 Å². The number of rotatable bonds is 13. The van der Waals surface area contributed by atoms with Crippen molar-refractivity contribution in [1.82, 2.24) is 0 Å². The van der Waals surface area contributed by atoms with Crippen molar-refractivity contribution in [2.75, 3.05) is 0 Å². The Morgan fingerprint density at radius 1 is 1.17 bits per heavy atom. The number of aliphatic hydroxyl groups excluding tert-OH is 2. The molecule has 1 aromatic carbocycles. The van der Waals surface area contributed by atoms with Crippen molar-refractivity contribution in [3.8, 4) is 0 Å². The molecule has 0 saturated heterocycles. The van der Waals surface area contributed by atoms with Crippen LogP contribution in [0.2, 0.25) is 0 Å². The SMILES string of the molecule is CC(C)OC(=O)CCCC=CC[C@@H]1[C@@H](CC[C@@H](O)CCc2ccccc2)CC[C@@H]1O. The maximum atomic E-state index is 11.5. The van der Waals surface area contributed by atoms with E-state index in [1.54, 1.807) is 0 Å². The Labute approximate surface area is 182 Å². The smallest absolute Gasteiger partial charge is 0.306 e. The second-order valence-corrected chi connectivity index (χ2v) is 8.96. The highest BCUT2D eigenvalue weighted by Crippen LogP contribution is 2.38. The van der Waals surface area contributed by atoms with Gasteiger partial charge in [0.15, 0.2) is 0 Å². The average Bonchev–Trinajstić information content (AvgIpc) is 3.07. The lowest BCUT2D eigenvalue weighted by atomic mass is 9.86. The number of esters is 1. The fourth-order valence-electron chi connectivity index (χ4n) is 4.42. The summed E-state index contributed by atoms with van der Waals surface area (Å²) >= 11 is 0. The van der Waals surface area contributed by atoms with Crippen molar-refractivity contribution in [3.63, 3.8) is 0 Å². The molecule has 1 aliphatic carbocycles. The summed E-state index contributed by atoms with van der Waals surface area (Å²) in [6.07, 6.45) is 12.1. The second kappa shape index (κ2) is 13.6. The van der Waals surface area contributed by atoms with E-state index in [0.29, 0.717) is 12.3 Å². The Hall–Kier alpha value is -1.65. The number of ether oxygens (including phenoxy) is 1. The van der Waals surface area contributed by atoms with Crippen LogP contribution in [0, 0.1) is 11.8 Å². The summed E-state index contributed by atoms with van der Waals surface area (Å²) < 4.78 is 5.14. The fourth-order valence-corrected chi connectivity index (χ4v) is 4.42. The van der Waals surface area contributed by atoms with Crippen LogP contribution < -0.4 is 0 Å². The summed E-state index contributed by atoms with van der Waals surface area (Å²) in [6.45, 7) is 3.73. The number of allylic oxidation sites excluding steroid dienone is 2. The van der Waals surface area contributed by atoms with Crippen LogP contribution in [0.4, 0.5) is 0 Å². The zero-order chi connectivity index (χ0) is 21.8. The Morgan fingerprint density at radius 2 is 1.93 bits per heavy atom. The summed E-state index contributed by atoms with van der Waals surface area (Å²) in [4.78, 5) is 11.5. The average molecular weight is 417 g/mol. The minimum atomic E-state index is -0.273. The Kier molecular flexibility index (Phi) is 11.2. The first-order valence-corrected chi connectivity index (χ1v) is 11.7. The predicted molar refractivity (Wildman–Crippen MR) is 121 cm³/mol. The molecule has 2 N–H and O–H groups in total. The molecule has 0 unspecified atom stereocenters. The van der Waals surface area contributed by atoms with Gasteiger partial charge in [0.1, 0.15) is 0 Å². The van der Waals surface area contributed by atoms with Crippen molar-refractivity contribution < 1.29 is 19.7 Å². The number of hydrogen-bond donors (Lipinski definition) is 2. The molecule has 0 bridgehead atoms. The van der Waals surface area contributed by atoms with E-state index in [1.807, 2.05) is 32.0 Å². The maximum absolute atomic E-state index is 11.5. The molecule has 0 heterocycles.